The molecule has 1 aromatic carbocycles. The number of nitrogens with zero attached hydrogens (tertiary/aromatic N) is 2. The molecule has 0 spiro atoms. The zero-order valence-corrected chi connectivity index (χ0v) is 19.9. The monoisotopic (exact) mass is 514 g/mol. The van der Waals surface area contributed by atoms with Crippen molar-refractivity contribution in [2.75, 3.05) is 27.9 Å². The summed E-state index contributed by atoms with van der Waals surface area (Å²) in [7, 11) is 5.00. The lowest BCUT2D eigenvalue weighted by molar-refractivity contribution is 0.294. The second kappa shape index (κ2) is 13.9. The third-order valence-electron chi connectivity index (χ3n) is 4.16. The predicted molar refractivity (Wildman–Crippen MR) is 127 cm³/mol. The van der Waals surface area contributed by atoms with Crippen molar-refractivity contribution in [1.29, 1.82) is 0 Å². The number of hydrogen-bond acceptors (Lipinski definition) is 5. The van der Waals surface area contributed by atoms with Gasteiger partial charge in [0, 0.05) is 31.9 Å². The molecule has 0 radical (unpaired) electrons. The Morgan fingerprint density at radius 2 is 1.83 bits per heavy atom. The molecule has 0 aliphatic carbocycles. The summed E-state index contributed by atoms with van der Waals surface area (Å²) in [6.45, 7) is 3.99. The van der Waals surface area contributed by atoms with E-state index in [1.807, 2.05) is 30.3 Å². The number of guanidine groups is 1. The van der Waals surface area contributed by atoms with E-state index in [4.69, 9.17) is 14.2 Å². The number of unbranched alkanes of at least 4 members (excludes halogenated alkanes) is 1. The number of ether oxygens (including phenoxy) is 3. The van der Waals surface area contributed by atoms with Crippen LogP contribution in [-0.4, -0.2) is 38.8 Å². The smallest absolute Gasteiger partial charge is 0.218 e. The number of nitrogens with one attached hydrogen (secondary N) is 2. The molecule has 0 amide bonds. The van der Waals surface area contributed by atoms with Gasteiger partial charge in [0.2, 0.25) is 5.88 Å². The predicted octanol–water partition coefficient (Wildman–Crippen LogP) is 3.76. The summed E-state index contributed by atoms with van der Waals surface area (Å²) in [6, 6.07) is 9.73. The molecule has 0 fully saturated rings. The summed E-state index contributed by atoms with van der Waals surface area (Å²) in [4.78, 5) is 8.61. The Bertz CT molecular complexity index is 771. The molecule has 2 aromatic rings. The van der Waals surface area contributed by atoms with Gasteiger partial charge in [-0.1, -0.05) is 25.5 Å². The van der Waals surface area contributed by atoms with Gasteiger partial charge >= 0.3 is 0 Å². The quantitative estimate of drug-likeness (QED) is 0.218. The van der Waals surface area contributed by atoms with Crippen LogP contribution in [0.4, 0.5) is 0 Å². The maximum absolute atomic E-state index is 5.78. The second-order valence-corrected chi connectivity index (χ2v) is 6.14. The molecule has 0 saturated heterocycles. The summed E-state index contributed by atoms with van der Waals surface area (Å²) in [5.74, 6) is 2.77. The highest BCUT2D eigenvalue weighted by molar-refractivity contribution is 14.0. The van der Waals surface area contributed by atoms with Crippen molar-refractivity contribution in [2.45, 2.75) is 32.9 Å². The number of hydrogen-bond donors (Lipinski definition) is 2. The van der Waals surface area contributed by atoms with E-state index in [2.05, 4.69) is 27.5 Å². The molecule has 0 saturated carbocycles. The van der Waals surface area contributed by atoms with Gasteiger partial charge in [-0.25, -0.2) is 4.98 Å². The van der Waals surface area contributed by atoms with Crippen LogP contribution < -0.4 is 24.8 Å². The first-order valence-electron chi connectivity index (χ1n) is 9.43. The van der Waals surface area contributed by atoms with E-state index in [1.165, 1.54) is 0 Å². The van der Waals surface area contributed by atoms with Crippen molar-refractivity contribution in [3.63, 3.8) is 0 Å². The number of pyridine rings is 1. The van der Waals surface area contributed by atoms with Crippen molar-refractivity contribution in [3.05, 3.63) is 47.7 Å². The Kier molecular flexibility index (Phi) is 11.9. The molecular formula is C21H31IN4O3. The van der Waals surface area contributed by atoms with Crippen LogP contribution in [0, 0.1) is 0 Å². The Morgan fingerprint density at radius 3 is 2.52 bits per heavy atom. The van der Waals surface area contributed by atoms with Crippen LogP contribution in [0.3, 0.4) is 0 Å². The van der Waals surface area contributed by atoms with Crippen LogP contribution in [0.15, 0.2) is 41.5 Å². The van der Waals surface area contributed by atoms with E-state index >= 15 is 0 Å². The van der Waals surface area contributed by atoms with Crippen molar-refractivity contribution in [2.24, 2.45) is 4.99 Å². The van der Waals surface area contributed by atoms with Crippen LogP contribution in [-0.2, 0) is 13.1 Å². The molecule has 0 bridgehead atoms. The summed E-state index contributed by atoms with van der Waals surface area (Å²) >= 11 is 0. The summed E-state index contributed by atoms with van der Waals surface area (Å²) in [6.07, 6.45) is 3.85. The first-order valence-corrected chi connectivity index (χ1v) is 9.43. The number of halogens is 1. The summed E-state index contributed by atoms with van der Waals surface area (Å²) in [5.41, 5.74) is 2.05. The molecule has 0 aliphatic rings. The fourth-order valence-corrected chi connectivity index (χ4v) is 2.58. The maximum atomic E-state index is 5.78. The standard InChI is InChI=1S/C21H30N4O3.HI/c1-5-6-12-28-20-17(8-7-11-23-20)15-25-21(22-2)24-14-16-9-10-18(26-3)19(13-16)27-4;/h7-11,13H,5-6,12,14-15H2,1-4H3,(H2,22,24,25);1H. The second-order valence-electron chi connectivity index (χ2n) is 6.14. The minimum Gasteiger partial charge on any atom is -0.493 e. The zero-order chi connectivity index (χ0) is 20.2. The van der Waals surface area contributed by atoms with E-state index in [-0.39, 0.29) is 24.0 Å². The normalized spacial score (nSPS) is 10.7. The highest BCUT2D eigenvalue weighted by atomic mass is 127. The van der Waals surface area contributed by atoms with Gasteiger partial charge in [-0.3, -0.25) is 4.99 Å². The van der Waals surface area contributed by atoms with Crippen LogP contribution in [0.2, 0.25) is 0 Å². The Morgan fingerprint density at radius 1 is 1.07 bits per heavy atom. The molecule has 2 N–H and O–H groups in total. The largest absolute Gasteiger partial charge is 0.493 e. The van der Waals surface area contributed by atoms with E-state index in [1.54, 1.807) is 27.5 Å². The number of methoxy groups -OCH3 is 2. The Hall–Kier alpha value is -2.23. The zero-order valence-electron chi connectivity index (χ0n) is 17.5. The van der Waals surface area contributed by atoms with Crippen molar-refractivity contribution < 1.29 is 14.2 Å². The van der Waals surface area contributed by atoms with Crippen molar-refractivity contribution >= 4 is 29.9 Å². The minimum atomic E-state index is 0. The summed E-state index contributed by atoms with van der Waals surface area (Å²) < 4.78 is 16.4. The third kappa shape index (κ3) is 7.96. The first kappa shape index (κ1) is 24.8. The van der Waals surface area contributed by atoms with E-state index in [0.717, 1.165) is 24.0 Å². The van der Waals surface area contributed by atoms with Gasteiger partial charge in [0.1, 0.15) is 0 Å². The first-order chi connectivity index (χ1) is 13.7. The number of aliphatic imine (C=N–C) groups is 1. The Balaban J connectivity index is 0.00000420. The molecule has 0 atom stereocenters. The molecule has 1 heterocycles. The molecule has 2 rings (SSSR count). The van der Waals surface area contributed by atoms with Crippen LogP contribution in [0.1, 0.15) is 30.9 Å². The van der Waals surface area contributed by atoms with Crippen molar-refractivity contribution in [3.8, 4) is 17.4 Å². The van der Waals surface area contributed by atoms with Gasteiger partial charge < -0.3 is 24.8 Å². The number of rotatable bonds is 10. The van der Waals surface area contributed by atoms with Gasteiger partial charge in [-0.15, -0.1) is 24.0 Å². The van der Waals surface area contributed by atoms with Gasteiger partial charge in [0.25, 0.3) is 0 Å². The molecule has 160 valence electrons. The molecular weight excluding hydrogens is 483 g/mol. The molecule has 8 heteroatoms. The minimum absolute atomic E-state index is 0. The fourth-order valence-electron chi connectivity index (χ4n) is 2.58. The number of benzene rings is 1. The van der Waals surface area contributed by atoms with Gasteiger partial charge in [0.05, 0.1) is 20.8 Å². The highest BCUT2D eigenvalue weighted by Gasteiger charge is 2.08. The average molecular weight is 514 g/mol. The number of aromatic nitrogens is 1. The maximum Gasteiger partial charge on any atom is 0.218 e. The van der Waals surface area contributed by atoms with Crippen molar-refractivity contribution in [1.82, 2.24) is 15.6 Å². The van der Waals surface area contributed by atoms with Gasteiger partial charge in [-0.05, 0) is 30.2 Å². The molecule has 1 aromatic heterocycles. The Labute approximate surface area is 190 Å². The van der Waals surface area contributed by atoms with Crippen LogP contribution in [0.25, 0.3) is 0 Å². The topological polar surface area (TPSA) is 77.0 Å². The lowest BCUT2D eigenvalue weighted by Crippen LogP contribution is -2.36. The molecule has 29 heavy (non-hydrogen) atoms. The van der Waals surface area contributed by atoms with Crippen LogP contribution >= 0.6 is 24.0 Å². The summed E-state index contributed by atoms with van der Waals surface area (Å²) in [5, 5.41) is 6.60. The third-order valence-corrected chi connectivity index (χ3v) is 4.16. The van der Waals surface area contributed by atoms with Gasteiger partial charge in [0.15, 0.2) is 17.5 Å². The molecule has 0 aliphatic heterocycles. The van der Waals surface area contributed by atoms with E-state index in [0.29, 0.717) is 43.0 Å². The molecule has 7 nitrogen and oxygen atoms in total. The fraction of sp³-hybridized carbons (Fsp3) is 0.429. The highest BCUT2D eigenvalue weighted by Crippen LogP contribution is 2.27. The van der Waals surface area contributed by atoms with E-state index in [9.17, 15) is 0 Å². The SMILES string of the molecule is CCCCOc1ncccc1CNC(=NC)NCc1ccc(OC)c(OC)c1.I. The van der Waals surface area contributed by atoms with E-state index < -0.39 is 0 Å². The van der Waals surface area contributed by atoms with Crippen LogP contribution in [0.5, 0.6) is 17.4 Å². The average Bonchev–Trinajstić information content (AvgIpc) is 2.74. The molecule has 0 unspecified atom stereocenters. The lowest BCUT2D eigenvalue weighted by Gasteiger charge is -2.15. The van der Waals surface area contributed by atoms with Gasteiger partial charge in [-0.2, -0.15) is 0 Å². The lowest BCUT2D eigenvalue weighted by atomic mass is 10.2.